The molecule has 2 aliphatic rings. The minimum Gasteiger partial charge on any atom is -0.0654 e. The lowest BCUT2D eigenvalue weighted by molar-refractivity contribution is 0.101. The molecule has 0 saturated heterocycles. The van der Waals surface area contributed by atoms with E-state index in [9.17, 15) is 0 Å². The van der Waals surface area contributed by atoms with Crippen molar-refractivity contribution in [1.29, 1.82) is 0 Å². The summed E-state index contributed by atoms with van der Waals surface area (Å²) in [5.74, 6) is 1.94. The largest absolute Gasteiger partial charge is 0.0654 e. The Morgan fingerprint density at radius 2 is 1.91 bits per heavy atom. The van der Waals surface area contributed by atoms with Crippen molar-refractivity contribution in [2.75, 3.05) is 0 Å². The van der Waals surface area contributed by atoms with Crippen LogP contribution in [0.15, 0.2) is 0 Å². The molecule has 0 N–H and O–H groups in total. The molecule has 11 heavy (non-hydrogen) atoms. The third-order valence-electron chi connectivity index (χ3n) is 3.75. The van der Waals surface area contributed by atoms with Gasteiger partial charge in [0.15, 0.2) is 0 Å². The van der Waals surface area contributed by atoms with Crippen LogP contribution in [0.2, 0.25) is 0 Å². The first-order valence-electron chi connectivity index (χ1n) is 5.22. The Morgan fingerprint density at radius 1 is 1.18 bits per heavy atom. The van der Waals surface area contributed by atoms with Crippen LogP contribution in [0.25, 0.3) is 0 Å². The molecule has 0 amide bonds. The zero-order chi connectivity index (χ0) is 7.73. The molecular formula is C11H19. The molecular weight excluding hydrogens is 132 g/mol. The van der Waals surface area contributed by atoms with E-state index >= 15 is 0 Å². The summed E-state index contributed by atoms with van der Waals surface area (Å²) < 4.78 is 0. The Bertz CT molecular complexity index is 129. The van der Waals surface area contributed by atoms with E-state index in [0.717, 1.165) is 5.41 Å². The second kappa shape index (κ2) is 2.80. The van der Waals surface area contributed by atoms with Crippen molar-refractivity contribution in [3.63, 3.8) is 0 Å². The first-order chi connectivity index (χ1) is 5.37. The van der Waals surface area contributed by atoms with E-state index in [1.165, 1.54) is 51.4 Å². The quantitative estimate of drug-likeness (QED) is 0.576. The summed E-state index contributed by atoms with van der Waals surface area (Å²) in [6, 6.07) is 0. The van der Waals surface area contributed by atoms with Gasteiger partial charge in [0.05, 0.1) is 0 Å². The van der Waals surface area contributed by atoms with Crippen molar-refractivity contribution >= 4 is 0 Å². The molecule has 0 aromatic carbocycles. The van der Waals surface area contributed by atoms with Crippen LogP contribution in [0.1, 0.15) is 58.3 Å². The fourth-order valence-corrected chi connectivity index (χ4v) is 2.75. The smallest absolute Gasteiger partial charge is 0.0179 e. The number of hydrogen-bond donors (Lipinski definition) is 0. The van der Waals surface area contributed by atoms with Gasteiger partial charge in [-0.3, -0.25) is 0 Å². The van der Waals surface area contributed by atoms with Gasteiger partial charge in [-0.15, -0.1) is 0 Å². The predicted molar refractivity (Wildman–Crippen MR) is 48.3 cm³/mol. The van der Waals surface area contributed by atoms with Crippen LogP contribution in [0.3, 0.4) is 0 Å². The Balaban J connectivity index is 1.92. The highest BCUT2D eigenvalue weighted by molar-refractivity contribution is 5.15. The zero-order valence-corrected chi connectivity index (χ0v) is 7.66. The first-order valence-corrected chi connectivity index (χ1v) is 5.22. The van der Waals surface area contributed by atoms with E-state index < -0.39 is 0 Å². The molecule has 0 heteroatoms. The fourth-order valence-electron chi connectivity index (χ4n) is 2.75. The van der Waals surface area contributed by atoms with Gasteiger partial charge in [-0.1, -0.05) is 26.2 Å². The summed E-state index contributed by atoms with van der Waals surface area (Å²) in [4.78, 5) is 0. The third-order valence-corrected chi connectivity index (χ3v) is 3.75. The second-order valence-electron chi connectivity index (χ2n) is 4.34. The summed E-state index contributed by atoms with van der Waals surface area (Å²) in [5, 5.41) is 0. The van der Waals surface area contributed by atoms with Gasteiger partial charge in [0, 0.05) is 0 Å². The molecule has 2 fully saturated rings. The first kappa shape index (κ1) is 7.64. The summed E-state index contributed by atoms with van der Waals surface area (Å²) in [6.07, 6.45) is 11.9. The summed E-state index contributed by atoms with van der Waals surface area (Å²) >= 11 is 0. The molecule has 63 valence electrons. The maximum atomic E-state index is 2.33. The average Bonchev–Trinajstić information content (AvgIpc) is 1.79. The van der Waals surface area contributed by atoms with Crippen LogP contribution < -0.4 is 0 Å². The van der Waals surface area contributed by atoms with Crippen molar-refractivity contribution in [2.45, 2.75) is 58.3 Å². The Kier molecular flexibility index (Phi) is 1.95. The monoisotopic (exact) mass is 151 g/mol. The molecule has 0 heterocycles. The summed E-state index contributed by atoms with van der Waals surface area (Å²) in [7, 11) is 0. The molecule has 0 bridgehead atoms. The van der Waals surface area contributed by atoms with Crippen molar-refractivity contribution in [1.82, 2.24) is 0 Å². The molecule has 0 nitrogen and oxygen atoms in total. The zero-order valence-electron chi connectivity index (χ0n) is 7.66. The predicted octanol–water partition coefficient (Wildman–Crippen LogP) is 3.72. The standard InChI is InChI=1S/C11H19/c1-2-7-11(8-4-9-11)10-5-3-6-10/h2-9H2,1H3. The van der Waals surface area contributed by atoms with Crippen LogP contribution in [0.5, 0.6) is 0 Å². The highest BCUT2D eigenvalue weighted by Crippen LogP contribution is 2.58. The topological polar surface area (TPSA) is 0 Å². The lowest BCUT2D eigenvalue weighted by Crippen LogP contribution is -2.39. The maximum Gasteiger partial charge on any atom is -0.0179 e. The highest BCUT2D eigenvalue weighted by atomic mass is 14.5. The van der Waals surface area contributed by atoms with E-state index in [4.69, 9.17) is 0 Å². The molecule has 2 aliphatic carbocycles. The molecule has 2 rings (SSSR count). The average molecular weight is 151 g/mol. The normalized spacial score (nSPS) is 29.2. The van der Waals surface area contributed by atoms with Gasteiger partial charge in [-0.2, -0.15) is 0 Å². The Labute approximate surface area is 70.4 Å². The van der Waals surface area contributed by atoms with Crippen LogP contribution in [0, 0.1) is 11.3 Å². The fraction of sp³-hybridized carbons (Fsp3) is 0.909. The van der Waals surface area contributed by atoms with Gasteiger partial charge in [0.2, 0.25) is 0 Å². The molecule has 1 radical (unpaired) electrons. The Morgan fingerprint density at radius 3 is 2.18 bits per heavy atom. The minimum absolute atomic E-state index is 0.785. The van der Waals surface area contributed by atoms with E-state index in [2.05, 4.69) is 6.92 Å². The minimum atomic E-state index is 0.785. The van der Waals surface area contributed by atoms with Crippen LogP contribution >= 0.6 is 0 Å². The number of hydrogen-bond acceptors (Lipinski definition) is 0. The van der Waals surface area contributed by atoms with Crippen LogP contribution in [0.4, 0.5) is 0 Å². The van der Waals surface area contributed by atoms with Gasteiger partial charge in [0.1, 0.15) is 0 Å². The van der Waals surface area contributed by atoms with Gasteiger partial charge in [-0.05, 0) is 43.4 Å². The third kappa shape index (κ3) is 1.11. The van der Waals surface area contributed by atoms with E-state index in [1.807, 2.05) is 5.92 Å². The second-order valence-corrected chi connectivity index (χ2v) is 4.34. The van der Waals surface area contributed by atoms with Gasteiger partial charge in [-0.25, -0.2) is 0 Å². The molecule has 0 aliphatic heterocycles. The van der Waals surface area contributed by atoms with Gasteiger partial charge < -0.3 is 0 Å². The van der Waals surface area contributed by atoms with Crippen molar-refractivity contribution in [3.05, 3.63) is 5.92 Å². The lowest BCUT2D eigenvalue weighted by atomic mass is 9.53. The van der Waals surface area contributed by atoms with Crippen molar-refractivity contribution in [2.24, 2.45) is 5.41 Å². The maximum absolute atomic E-state index is 2.33. The van der Waals surface area contributed by atoms with Crippen LogP contribution in [-0.2, 0) is 0 Å². The highest BCUT2D eigenvalue weighted by Gasteiger charge is 2.45. The van der Waals surface area contributed by atoms with Crippen molar-refractivity contribution in [3.8, 4) is 0 Å². The van der Waals surface area contributed by atoms with Gasteiger partial charge in [0.25, 0.3) is 0 Å². The summed E-state index contributed by atoms with van der Waals surface area (Å²) in [5.41, 5.74) is 0.785. The SMILES string of the molecule is CCCC1([C]2CCC2)CCC1. The van der Waals surface area contributed by atoms with E-state index in [0.29, 0.717) is 0 Å². The van der Waals surface area contributed by atoms with E-state index in [1.54, 1.807) is 0 Å². The number of rotatable bonds is 3. The molecule has 0 spiro atoms. The molecule has 2 saturated carbocycles. The van der Waals surface area contributed by atoms with E-state index in [-0.39, 0.29) is 0 Å². The molecule has 0 unspecified atom stereocenters. The Hall–Kier alpha value is 0. The van der Waals surface area contributed by atoms with Crippen LogP contribution in [-0.4, -0.2) is 0 Å². The summed E-state index contributed by atoms with van der Waals surface area (Å²) in [6.45, 7) is 2.33. The molecule has 0 aromatic rings. The van der Waals surface area contributed by atoms with Crippen molar-refractivity contribution < 1.29 is 0 Å². The molecule has 0 atom stereocenters. The lowest BCUT2D eigenvalue weighted by Gasteiger charge is -2.51. The van der Waals surface area contributed by atoms with Gasteiger partial charge >= 0.3 is 0 Å². The molecule has 0 aromatic heterocycles.